The zero-order valence-electron chi connectivity index (χ0n) is 17.9. The Kier molecular flexibility index (Phi) is 6.57. The van der Waals surface area contributed by atoms with Gasteiger partial charge in [0, 0.05) is 25.3 Å². The Morgan fingerprint density at radius 2 is 1.90 bits per heavy atom. The third-order valence-corrected chi connectivity index (χ3v) is 7.37. The van der Waals surface area contributed by atoms with Gasteiger partial charge in [0.2, 0.25) is 5.95 Å². The molecule has 0 N–H and O–H groups in total. The highest BCUT2D eigenvalue weighted by Gasteiger charge is 2.25. The minimum Gasteiger partial charge on any atom is -0.378 e. The van der Waals surface area contributed by atoms with E-state index in [1.165, 1.54) is 35.7 Å². The molecule has 3 aliphatic rings. The third-order valence-electron chi connectivity index (χ3n) is 6.40. The van der Waals surface area contributed by atoms with Crippen LogP contribution in [0.5, 0.6) is 0 Å². The number of ether oxygens (including phenoxy) is 2. The van der Waals surface area contributed by atoms with Gasteiger partial charge >= 0.3 is 0 Å². The Morgan fingerprint density at radius 1 is 1.06 bits per heavy atom. The number of fused-ring (bicyclic) bond motifs is 1. The first-order valence-corrected chi connectivity index (χ1v) is 12.4. The maximum absolute atomic E-state index is 12.9. The molecule has 7 nitrogen and oxygen atoms in total. The number of morpholine rings is 1. The molecule has 2 saturated heterocycles. The number of carbonyl (C=O) groups is 1. The van der Waals surface area contributed by atoms with Gasteiger partial charge in [-0.1, -0.05) is 23.9 Å². The highest BCUT2D eigenvalue weighted by molar-refractivity contribution is 7.99. The van der Waals surface area contributed by atoms with Crippen LogP contribution < -0.4 is 4.90 Å². The highest BCUT2D eigenvalue weighted by Crippen LogP contribution is 2.27. The standard InChI is InChI=1S/C23H30N4O3S/c28-21(19-8-7-17-4-1-2-5-18(17)14-19)16-31-23-25-24-22(26-9-12-29-13-10-26)27(23)15-20-6-3-11-30-20/h7-8,14,20H,1-6,9-13,15-16H2/t20-/m0/s1. The van der Waals surface area contributed by atoms with Crippen molar-refractivity contribution in [2.75, 3.05) is 43.6 Å². The molecule has 2 aromatic rings. The second-order valence-electron chi connectivity index (χ2n) is 8.53. The van der Waals surface area contributed by atoms with E-state index in [0.717, 1.165) is 68.6 Å². The van der Waals surface area contributed by atoms with Crippen molar-refractivity contribution in [2.24, 2.45) is 0 Å². The van der Waals surface area contributed by atoms with Crippen LogP contribution in [-0.2, 0) is 28.9 Å². The summed E-state index contributed by atoms with van der Waals surface area (Å²) < 4.78 is 13.5. The Morgan fingerprint density at radius 3 is 2.71 bits per heavy atom. The number of aryl methyl sites for hydroxylation is 2. The van der Waals surface area contributed by atoms with Crippen LogP contribution in [0, 0.1) is 0 Å². The smallest absolute Gasteiger partial charge is 0.228 e. The zero-order valence-corrected chi connectivity index (χ0v) is 18.7. The number of Topliss-reactive ketones (excluding diaryl/α,β-unsaturated/α-hetero) is 1. The van der Waals surface area contributed by atoms with E-state index in [2.05, 4.69) is 31.8 Å². The van der Waals surface area contributed by atoms with Crippen LogP contribution in [0.25, 0.3) is 0 Å². The van der Waals surface area contributed by atoms with Gasteiger partial charge in [-0.2, -0.15) is 0 Å². The van der Waals surface area contributed by atoms with Gasteiger partial charge in [0.25, 0.3) is 0 Å². The largest absolute Gasteiger partial charge is 0.378 e. The van der Waals surface area contributed by atoms with E-state index in [0.29, 0.717) is 19.0 Å². The van der Waals surface area contributed by atoms with E-state index in [-0.39, 0.29) is 11.9 Å². The maximum Gasteiger partial charge on any atom is 0.228 e. The molecule has 0 amide bonds. The molecule has 2 fully saturated rings. The van der Waals surface area contributed by atoms with E-state index >= 15 is 0 Å². The zero-order chi connectivity index (χ0) is 21.0. The average molecular weight is 443 g/mol. The minimum atomic E-state index is 0.151. The van der Waals surface area contributed by atoms with E-state index in [9.17, 15) is 4.79 Å². The molecule has 1 atom stereocenters. The molecule has 0 spiro atoms. The second-order valence-corrected chi connectivity index (χ2v) is 9.47. The molecule has 5 rings (SSSR count). The summed E-state index contributed by atoms with van der Waals surface area (Å²) >= 11 is 1.48. The summed E-state index contributed by atoms with van der Waals surface area (Å²) in [6.07, 6.45) is 7.03. The molecule has 31 heavy (non-hydrogen) atoms. The lowest BCUT2D eigenvalue weighted by Gasteiger charge is -2.28. The van der Waals surface area contributed by atoms with Gasteiger partial charge in [-0.25, -0.2) is 0 Å². The van der Waals surface area contributed by atoms with Crippen LogP contribution in [0.4, 0.5) is 5.95 Å². The van der Waals surface area contributed by atoms with E-state index in [4.69, 9.17) is 9.47 Å². The Labute approximate surface area is 187 Å². The number of thioether (sulfide) groups is 1. The Bertz CT molecular complexity index is 920. The molecule has 2 aliphatic heterocycles. The number of hydrogen-bond acceptors (Lipinski definition) is 7. The predicted octanol–water partition coefficient (Wildman–Crippen LogP) is 3.15. The summed E-state index contributed by atoms with van der Waals surface area (Å²) in [5.41, 5.74) is 3.56. The van der Waals surface area contributed by atoms with E-state index < -0.39 is 0 Å². The van der Waals surface area contributed by atoms with Crippen molar-refractivity contribution in [3.05, 3.63) is 34.9 Å². The topological polar surface area (TPSA) is 69.5 Å². The molecular weight excluding hydrogens is 412 g/mol. The number of hydrogen-bond donors (Lipinski definition) is 0. The van der Waals surface area contributed by atoms with Gasteiger partial charge in [-0.15, -0.1) is 10.2 Å². The summed E-state index contributed by atoms with van der Waals surface area (Å²) in [4.78, 5) is 15.2. The fraction of sp³-hybridized carbons (Fsp3) is 0.609. The van der Waals surface area contributed by atoms with Crippen molar-refractivity contribution in [2.45, 2.75) is 56.3 Å². The third kappa shape index (κ3) is 4.81. The van der Waals surface area contributed by atoms with Gasteiger partial charge in [0.05, 0.1) is 31.6 Å². The first kappa shape index (κ1) is 21.0. The molecule has 1 aromatic heterocycles. The van der Waals surface area contributed by atoms with Crippen molar-refractivity contribution >= 4 is 23.5 Å². The first-order chi connectivity index (χ1) is 15.3. The lowest BCUT2D eigenvalue weighted by molar-refractivity contribution is 0.0942. The molecule has 1 aliphatic carbocycles. The SMILES string of the molecule is O=C(CSc1nnc(N2CCOCC2)n1C[C@@H]1CCCO1)c1ccc2c(c1)CCCC2. The summed E-state index contributed by atoms with van der Waals surface area (Å²) in [5, 5.41) is 9.74. The minimum absolute atomic E-state index is 0.151. The summed E-state index contributed by atoms with van der Waals surface area (Å²) in [6, 6.07) is 6.24. The highest BCUT2D eigenvalue weighted by atomic mass is 32.2. The van der Waals surface area contributed by atoms with Crippen LogP contribution in [0.15, 0.2) is 23.4 Å². The van der Waals surface area contributed by atoms with Crippen LogP contribution in [0.3, 0.4) is 0 Å². The number of aromatic nitrogens is 3. The van der Waals surface area contributed by atoms with Crippen LogP contribution in [0.2, 0.25) is 0 Å². The molecule has 3 heterocycles. The molecule has 0 radical (unpaired) electrons. The fourth-order valence-electron chi connectivity index (χ4n) is 4.66. The number of ketones is 1. The summed E-state index contributed by atoms with van der Waals surface area (Å²) in [5.74, 6) is 1.38. The predicted molar refractivity (Wildman–Crippen MR) is 120 cm³/mol. The number of benzene rings is 1. The van der Waals surface area contributed by atoms with Crippen molar-refractivity contribution in [3.8, 4) is 0 Å². The number of nitrogens with zero attached hydrogens (tertiary/aromatic N) is 4. The van der Waals surface area contributed by atoms with Gasteiger partial charge < -0.3 is 14.4 Å². The Balaban J connectivity index is 1.31. The summed E-state index contributed by atoms with van der Waals surface area (Å²) in [7, 11) is 0. The van der Waals surface area contributed by atoms with Gasteiger partial charge in [-0.05, 0) is 55.7 Å². The quantitative estimate of drug-likeness (QED) is 0.482. The van der Waals surface area contributed by atoms with E-state index in [1.807, 2.05) is 6.07 Å². The normalized spacial score (nSPS) is 21.3. The van der Waals surface area contributed by atoms with E-state index in [1.54, 1.807) is 0 Å². The van der Waals surface area contributed by atoms with Crippen molar-refractivity contribution in [3.63, 3.8) is 0 Å². The molecule has 8 heteroatoms. The average Bonchev–Trinajstić information content (AvgIpc) is 3.48. The first-order valence-electron chi connectivity index (χ1n) is 11.4. The molecular formula is C23H30N4O3S. The monoisotopic (exact) mass is 442 g/mol. The van der Waals surface area contributed by atoms with Gasteiger partial charge in [0.1, 0.15) is 0 Å². The lowest BCUT2D eigenvalue weighted by Crippen LogP contribution is -2.38. The lowest BCUT2D eigenvalue weighted by atomic mass is 9.90. The molecule has 1 aromatic carbocycles. The molecule has 166 valence electrons. The number of carbonyl (C=O) groups excluding carboxylic acids is 1. The second kappa shape index (κ2) is 9.71. The van der Waals surface area contributed by atoms with Crippen molar-refractivity contribution in [1.82, 2.24) is 14.8 Å². The van der Waals surface area contributed by atoms with Crippen LogP contribution in [0.1, 0.15) is 47.2 Å². The van der Waals surface area contributed by atoms with Crippen molar-refractivity contribution in [1.29, 1.82) is 0 Å². The number of rotatable bonds is 7. The molecule has 0 bridgehead atoms. The number of anilines is 1. The molecule has 0 unspecified atom stereocenters. The Hall–Kier alpha value is -1.90. The van der Waals surface area contributed by atoms with Gasteiger partial charge in [-0.3, -0.25) is 9.36 Å². The molecule has 0 saturated carbocycles. The maximum atomic E-state index is 12.9. The van der Waals surface area contributed by atoms with Crippen LogP contribution >= 0.6 is 11.8 Å². The summed E-state index contributed by atoms with van der Waals surface area (Å²) in [6.45, 7) is 4.57. The fourth-order valence-corrected chi connectivity index (χ4v) is 5.49. The van der Waals surface area contributed by atoms with Gasteiger partial charge in [0.15, 0.2) is 10.9 Å². The van der Waals surface area contributed by atoms with Crippen molar-refractivity contribution < 1.29 is 14.3 Å². The van der Waals surface area contributed by atoms with Crippen LogP contribution in [-0.4, -0.2) is 65.3 Å².